The second-order valence-electron chi connectivity index (χ2n) is 4.37. The number of anilines is 1. The highest BCUT2D eigenvalue weighted by molar-refractivity contribution is 7.99. The molecule has 0 aliphatic carbocycles. The van der Waals surface area contributed by atoms with Crippen molar-refractivity contribution in [1.29, 1.82) is 0 Å². The van der Waals surface area contributed by atoms with Gasteiger partial charge in [0.1, 0.15) is 11.6 Å². The van der Waals surface area contributed by atoms with Gasteiger partial charge in [-0.3, -0.25) is 9.48 Å². The van der Waals surface area contributed by atoms with Gasteiger partial charge in [-0.25, -0.2) is 4.39 Å². The van der Waals surface area contributed by atoms with Crippen LogP contribution in [-0.4, -0.2) is 21.4 Å². The average molecular weight is 293 g/mol. The van der Waals surface area contributed by atoms with Gasteiger partial charge in [0.25, 0.3) is 0 Å². The summed E-state index contributed by atoms with van der Waals surface area (Å²) in [5.74, 6) is 0.851. The molecule has 0 aliphatic heterocycles. The number of nitrogens with zero attached hydrogens (tertiary/aromatic N) is 2. The molecule has 20 heavy (non-hydrogen) atoms. The molecule has 0 spiro atoms. The topological polar surface area (TPSA) is 46.9 Å². The third kappa shape index (κ3) is 3.84. The van der Waals surface area contributed by atoms with E-state index in [-0.39, 0.29) is 11.7 Å². The maximum absolute atomic E-state index is 13.4. The summed E-state index contributed by atoms with van der Waals surface area (Å²) in [6.45, 7) is 1.86. The SMILES string of the molecule is Cc1cc(NC(=O)CCSc2ccccc2F)n(C)n1. The number of carbonyl (C=O) groups excluding carboxylic acids is 1. The van der Waals surface area contributed by atoms with E-state index in [0.29, 0.717) is 22.9 Å². The van der Waals surface area contributed by atoms with Gasteiger partial charge in [0, 0.05) is 30.2 Å². The van der Waals surface area contributed by atoms with Crippen molar-refractivity contribution >= 4 is 23.5 Å². The van der Waals surface area contributed by atoms with Gasteiger partial charge >= 0.3 is 0 Å². The van der Waals surface area contributed by atoms with E-state index < -0.39 is 0 Å². The number of aromatic nitrogens is 2. The van der Waals surface area contributed by atoms with Crippen LogP contribution in [0.2, 0.25) is 0 Å². The van der Waals surface area contributed by atoms with E-state index in [0.717, 1.165) is 5.69 Å². The predicted molar refractivity (Wildman–Crippen MR) is 78.3 cm³/mol. The summed E-state index contributed by atoms with van der Waals surface area (Å²) in [6.07, 6.45) is 0.323. The first kappa shape index (κ1) is 14.6. The van der Waals surface area contributed by atoms with Crippen molar-refractivity contribution in [2.24, 2.45) is 7.05 Å². The first-order valence-electron chi connectivity index (χ1n) is 6.24. The fourth-order valence-corrected chi connectivity index (χ4v) is 2.64. The molecule has 4 nitrogen and oxygen atoms in total. The van der Waals surface area contributed by atoms with Gasteiger partial charge in [-0.2, -0.15) is 5.10 Å². The third-order valence-electron chi connectivity index (χ3n) is 2.69. The van der Waals surface area contributed by atoms with Crippen molar-refractivity contribution < 1.29 is 9.18 Å². The second-order valence-corrected chi connectivity index (χ2v) is 5.51. The molecule has 1 aromatic carbocycles. The lowest BCUT2D eigenvalue weighted by Gasteiger charge is -2.05. The molecular formula is C14H16FN3OS. The maximum Gasteiger partial charge on any atom is 0.226 e. The van der Waals surface area contributed by atoms with Crippen molar-refractivity contribution in [3.63, 3.8) is 0 Å². The van der Waals surface area contributed by atoms with E-state index in [2.05, 4.69) is 10.4 Å². The molecule has 1 heterocycles. The Hall–Kier alpha value is -1.82. The molecule has 0 saturated carbocycles. The summed E-state index contributed by atoms with van der Waals surface area (Å²) in [5.41, 5.74) is 0.850. The number of nitrogens with one attached hydrogen (secondary N) is 1. The highest BCUT2D eigenvalue weighted by atomic mass is 32.2. The summed E-state index contributed by atoms with van der Waals surface area (Å²) >= 11 is 1.34. The van der Waals surface area contributed by atoms with Gasteiger partial charge in [-0.15, -0.1) is 11.8 Å². The molecule has 0 fully saturated rings. The lowest BCUT2D eigenvalue weighted by Crippen LogP contribution is -2.14. The summed E-state index contributed by atoms with van der Waals surface area (Å²) in [4.78, 5) is 12.4. The van der Waals surface area contributed by atoms with Gasteiger partial charge in [-0.1, -0.05) is 12.1 Å². The Bertz CT molecular complexity index is 612. The molecule has 0 radical (unpaired) electrons. The molecule has 1 amide bonds. The molecule has 6 heteroatoms. The lowest BCUT2D eigenvalue weighted by molar-refractivity contribution is -0.115. The Balaban J connectivity index is 1.81. The number of hydrogen-bond acceptors (Lipinski definition) is 3. The van der Waals surface area contributed by atoms with Crippen molar-refractivity contribution in [3.05, 3.63) is 41.8 Å². The van der Waals surface area contributed by atoms with Crippen LogP contribution in [0.3, 0.4) is 0 Å². The normalized spacial score (nSPS) is 10.6. The van der Waals surface area contributed by atoms with Gasteiger partial charge in [0.15, 0.2) is 0 Å². The molecule has 0 unspecified atom stereocenters. The summed E-state index contributed by atoms with van der Waals surface area (Å²) in [7, 11) is 1.77. The molecular weight excluding hydrogens is 277 g/mol. The summed E-state index contributed by atoms with van der Waals surface area (Å²) < 4.78 is 15.0. The molecule has 0 aliphatic rings. The Kier molecular flexibility index (Phi) is 4.79. The monoisotopic (exact) mass is 293 g/mol. The van der Waals surface area contributed by atoms with E-state index >= 15 is 0 Å². The van der Waals surface area contributed by atoms with Crippen LogP contribution < -0.4 is 5.32 Å². The molecule has 0 bridgehead atoms. The zero-order valence-electron chi connectivity index (χ0n) is 11.4. The molecule has 2 aromatic rings. The van der Waals surface area contributed by atoms with Crippen LogP contribution in [0, 0.1) is 12.7 Å². The molecule has 1 N–H and O–H groups in total. The van der Waals surface area contributed by atoms with Crippen molar-refractivity contribution in [3.8, 4) is 0 Å². The average Bonchev–Trinajstić information content (AvgIpc) is 2.70. The van der Waals surface area contributed by atoms with Crippen LogP contribution in [0.15, 0.2) is 35.2 Å². The zero-order valence-corrected chi connectivity index (χ0v) is 12.2. The largest absolute Gasteiger partial charge is 0.311 e. The summed E-state index contributed by atoms with van der Waals surface area (Å²) in [6, 6.07) is 8.37. The standard InChI is InChI=1S/C14H16FN3OS/c1-10-9-13(18(2)17-10)16-14(19)7-8-20-12-6-4-3-5-11(12)15/h3-6,9H,7-8H2,1-2H3,(H,16,19). The van der Waals surface area contributed by atoms with Gasteiger partial charge in [0.2, 0.25) is 5.91 Å². The number of amides is 1. The van der Waals surface area contributed by atoms with Crippen molar-refractivity contribution in [1.82, 2.24) is 9.78 Å². The first-order valence-corrected chi connectivity index (χ1v) is 7.22. The number of thioether (sulfide) groups is 1. The Labute approximate surface area is 121 Å². The predicted octanol–water partition coefficient (Wildman–Crippen LogP) is 2.99. The fourth-order valence-electron chi connectivity index (χ4n) is 1.75. The van der Waals surface area contributed by atoms with Crippen LogP contribution in [0.1, 0.15) is 12.1 Å². The van der Waals surface area contributed by atoms with E-state index in [9.17, 15) is 9.18 Å². The Morgan fingerprint density at radius 3 is 2.85 bits per heavy atom. The minimum Gasteiger partial charge on any atom is -0.311 e. The van der Waals surface area contributed by atoms with Gasteiger partial charge < -0.3 is 5.32 Å². The van der Waals surface area contributed by atoms with Gasteiger partial charge in [0.05, 0.1) is 5.69 Å². The van der Waals surface area contributed by atoms with E-state index in [1.54, 1.807) is 29.9 Å². The zero-order chi connectivity index (χ0) is 14.5. The molecule has 2 rings (SSSR count). The first-order chi connectivity index (χ1) is 9.56. The highest BCUT2D eigenvalue weighted by Crippen LogP contribution is 2.21. The number of rotatable bonds is 5. The van der Waals surface area contributed by atoms with Crippen LogP contribution in [0.5, 0.6) is 0 Å². The van der Waals surface area contributed by atoms with Crippen LogP contribution in [-0.2, 0) is 11.8 Å². The van der Waals surface area contributed by atoms with E-state index in [1.165, 1.54) is 17.8 Å². The van der Waals surface area contributed by atoms with E-state index in [4.69, 9.17) is 0 Å². The van der Waals surface area contributed by atoms with Crippen LogP contribution in [0.4, 0.5) is 10.2 Å². The molecule has 0 saturated heterocycles. The molecule has 0 atom stereocenters. The molecule has 1 aromatic heterocycles. The third-order valence-corrected chi connectivity index (χ3v) is 3.74. The van der Waals surface area contributed by atoms with Crippen molar-refractivity contribution in [2.75, 3.05) is 11.1 Å². The highest BCUT2D eigenvalue weighted by Gasteiger charge is 2.08. The summed E-state index contributed by atoms with van der Waals surface area (Å²) in [5, 5.41) is 6.94. The second kappa shape index (κ2) is 6.56. The maximum atomic E-state index is 13.4. The number of halogens is 1. The number of aryl methyl sites for hydroxylation is 2. The number of benzene rings is 1. The van der Waals surface area contributed by atoms with Gasteiger partial charge in [-0.05, 0) is 19.1 Å². The Morgan fingerprint density at radius 2 is 2.20 bits per heavy atom. The van der Waals surface area contributed by atoms with Crippen LogP contribution >= 0.6 is 11.8 Å². The fraction of sp³-hybridized carbons (Fsp3) is 0.286. The van der Waals surface area contributed by atoms with Crippen molar-refractivity contribution in [2.45, 2.75) is 18.2 Å². The smallest absolute Gasteiger partial charge is 0.226 e. The van der Waals surface area contributed by atoms with Crippen LogP contribution in [0.25, 0.3) is 0 Å². The lowest BCUT2D eigenvalue weighted by atomic mass is 10.3. The minimum atomic E-state index is -0.250. The quantitative estimate of drug-likeness (QED) is 0.862. The Morgan fingerprint density at radius 1 is 1.45 bits per heavy atom. The number of carbonyl (C=O) groups is 1. The molecule has 106 valence electrons. The minimum absolute atomic E-state index is 0.100. The van der Waals surface area contributed by atoms with E-state index in [1.807, 2.05) is 13.0 Å². The number of hydrogen-bond donors (Lipinski definition) is 1.